The number of rotatable bonds is 4. The molecule has 1 N–H and O–H groups in total. The van der Waals surface area contributed by atoms with Crippen LogP contribution in [-0.2, 0) is 13.0 Å². The Labute approximate surface area is 156 Å². The van der Waals surface area contributed by atoms with Crippen LogP contribution in [0.3, 0.4) is 0 Å². The SMILES string of the molecule is Cc1ccn(CCc2c[nH]c3ccccc23)c(=O)c1C(=O)N1CC[C@H](F)C1. The molecular formula is C21H22FN3O2. The summed E-state index contributed by atoms with van der Waals surface area (Å²) in [6.07, 6.45) is 3.71. The molecule has 0 saturated carbocycles. The molecule has 0 aliphatic carbocycles. The molecule has 1 fully saturated rings. The zero-order valence-corrected chi connectivity index (χ0v) is 15.2. The van der Waals surface area contributed by atoms with E-state index in [0.29, 0.717) is 31.5 Å². The van der Waals surface area contributed by atoms with E-state index < -0.39 is 6.17 Å². The monoisotopic (exact) mass is 367 g/mol. The highest BCUT2D eigenvalue weighted by atomic mass is 19.1. The Kier molecular flexibility index (Phi) is 4.56. The fourth-order valence-electron chi connectivity index (χ4n) is 3.74. The number of nitrogens with one attached hydrogen (secondary N) is 1. The first kappa shape index (κ1) is 17.5. The molecule has 3 heterocycles. The van der Waals surface area contributed by atoms with Crippen molar-refractivity contribution in [3.8, 4) is 0 Å². The number of carbonyl (C=O) groups is 1. The first-order chi connectivity index (χ1) is 13.0. The Morgan fingerprint density at radius 1 is 1.30 bits per heavy atom. The summed E-state index contributed by atoms with van der Waals surface area (Å²) >= 11 is 0. The normalized spacial score (nSPS) is 17.0. The lowest BCUT2D eigenvalue weighted by Gasteiger charge is -2.17. The van der Waals surface area contributed by atoms with Gasteiger partial charge in [0.25, 0.3) is 11.5 Å². The summed E-state index contributed by atoms with van der Waals surface area (Å²) in [5.41, 5.74) is 2.68. The Morgan fingerprint density at radius 3 is 2.89 bits per heavy atom. The summed E-state index contributed by atoms with van der Waals surface area (Å²) in [4.78, 5) is 30.3. The summed E-state index contributed by atoms with van der Waals surface area (Å²) in [5, 5.41) is 1.14. The molecule has 1 saturated heterocycles. The Balaban J connectivity index is 1.59. The average Bonchev–Trinajstić information content (AvgIpc) is 3.27. The summed E-state index contributed by atoms with van der Waals surface area (Å²) in [6.45, 7) is 2.67. The number of H-pyrrole nitrogens is 1. The molecule has 0 unspecified atom stereocenters. The van der Waals surface area contributed by atoms with E-state index in [1.165, 1.54) is 4.90 Å². The number of alkyl halides is 1. The molecule has 0 spiro atoms. The molecule has 27 heavy (non-hydrogen) atoms. The second-order valence-electron chi connectivity index (χ2n) is 7.12. The second kappa shape index (κ2) is 7.02. The number of nitrogens with zero attached hydrogens (tertiary/aromatic N) is 2. The molecule has 1 amide bonds. The maximum Gasteiger partial charge on any atom is 0.263 e. The Morgan fingerprint density at radius 2 is 2.11 bits per heavy atom. The smallest absolute Gasteiger partial charge is 0.263 e. The van der Waals surface area contributed by atoms with E-state index >= 15 is 0 Å². The molecule has 3 aromatic rings. The van der Waals surface area contributed by atoms with Crippen LogP contribution in [0.4, 0.5) is 4.39 Å². The summed E-state index contributed by atoms with van der Waals surface area (Å²) < 4.78 is 15.0. The fourth-order valence-corrected chi connectivity index (χ4v) is 3.74. The van der Waals surface area contributed by atoms with Gasteiger partial charge in [-0.3, -0.25) is 9.59 Å². The molecule has 1 atom stereocenters. The molecule has 6 heteroatoms. The second-order valence-corrected chi connectivity index (χ2v) is 7.12. The van der Waals surface area contributed by atoms with Crippen molar-refractivity contribution in [3.63, 3.8) is 0 Å². The summed E-state index contributed by atoms with van der Waals surface area (Å²) in [6, 6.07) is 9.82. The van der Waals surface area contributed by atoms with E-state index in [0.717, 1.165) is 16.5 Å². The van der Waals surface area contributed by atoms with Crippen molar-refractivity contribution in [3.05, 3.63) is 69.8 Å². The quantitative estimate of drug-likeness (QED) is 0.770. The molecule has 1 aromatic carbocycles. The number of likely N-dealkylation sites (tertiary alicyclic amines) is 1. The van der Waals surface area contributed by atoms with Crippen LogP contribution in [0, 0.1) is 6.92 Å². The topological polar surface area (TPSA) is 58.1 Å². The van der Waals surface area contributed by atoms with Gasteiger partial charge in [-0.15, -0.1) is 0 Å². The molecule has 4 rings (SSSR count). The highest BCUT2D eigenvalue weighted by Gasteiger charge is 2.29. The number of aromatic amines is 1. The summed E-state index contributed by atoms with van der Waals surface area (Å²) in [5.74, 6) is -0.362. The van der Waals surface area contributed by atoms with Crippen LogP contribution in [0.2, 0.25) is 0 Å². The van der Waals surface area contributed by atoms with Crippen LogP contribution in [0.1, 0.15) is 27.9 Å². The largest absolute Gasteiger partial charge is 0.361 e. The van der Waals surface area contributed by atoms with Crippen LogP contribution < -0.4 is 5.56 Å². The number of hydrogen-bond acceptors (Lipinski definition) is 2. The maximum atomic E-state index is 13.5. The van der Waals surface area contributed by atoms with Crippen LogP contribution in [-0.4, -0.2) is 39.6 Å². The van der Waals surface area contributed by atoms with Gasteiger partial charge in [-0.1, -0.05) is 18.2 Å². The minimum Gasteiger partial charge on any atom is -0.361 e. The summed E-state index contributed by atoms with van der Waals surface area (Å²) in [7, 11) is 0. The van der Waals surface area contributed by atoms with Crippen molar-refractivity contribution in [1.82, 2.24) is 14.5 Å². The van der Waals surface area contributed by atoms with Crippen LogP contribution >= 0.6 is 0 Å². The maximum absolute atomic E-state index is 13.5. The minimum absolute atomic E-state index is 0.0714. The van der Waals surface area contributed by atoms with E-state index in [9.17, 15) is 14.0 Å². The van der Waals surface area contributed by atoms with Gasteiger partial charge in [0.2, 0.25) is 0 Å². The number of aromatic nitrogens is 2. The van der Waals surface area contributed by atoms with Gasteiger partial charge in [-0.25, -0.2) is 4.39 Å². The molecule has 5 nitrogen and oxygen atoms in total. The van der Waals surface area contributed by atoms with Gasteiger partial charge < -0.3 is 14.5 Å². The van der Waals surface area contributed by atoms with Crippen LogP contribution in [0.5, 0.6) is 0 Å². The van der Waals surface area contributed by atoms with Crippen LogP contribution in [0.15, 0.2) is 47.5 Å². The predicted octanol–water partition coefficient (Wildman–Crippen LogP) is 3.06. The highest BCUT2D eigenvalue weighted by Crippen LogP contribution is 2.19. The number of hydrogen-bond donors (Lipinski definition) is 1. The number of aryl methyl sites for hydroxylation is 3. The van der Waals surface area contributed by atoms with Gasteiger partial charge in [0.1, 0.15) is 11.7 Å². The highest BCUT2D eigenvalue weighted by molar-refractivity contribution is 5.95. The molecule has 1 aliphatic heterocycles. The van der Waals surface area contributed by atoms with Crippen molar-refractivity contribution in [2.45, 2.75) is 32.5 Å². The van der Waals surface area contributed by atoms with Crippen molar-refractivity contribution in [2.24, 2.45) is 0 Å². The number of amides is 1. The van der Waals surface area contributed by atoms with Crippen molar-refractivity contribution < 1.29 is 9.18 Å². The van der Waals surface area contributed by atoms with Gasteiger partial charge in [0, 0.05) is 36.4 Å². The minimum atomic E-state index is -0.998. The van der Waals surface area contributed by atoms with Crippen molar-refractivity contribution >= 4 is 16.8 Å². The van der Waals surface area contributed by atoms with E-state index in [1.807, 2.05) is 24.4 Å². The Hall–Kier alpha value is -2.89. The van der Waals surface area contributed by atoms with E-state index in [1.54, 1.807) is 23.8 Å². The fraction of sp³-hybridized carbons (Fsp3) is 0.333. The molecule has 0 bridgehead atoms. The zero-order chi connectivity index (χ0) is 19.0. The first-order valence-electron chi connectivity index (χ1n) is 9.23. The number of para-hydroxylation sites is 1. The lowest BCUT2D eigenvalue weighted by molar-refractivity contribution is 0.0779. The molecule has 1 aliphatic rings. The lowest BCUT2D eigenvalue weighted by atomic mass is 10.1. The third-order valence-electron chi connectivity index (χ3n) is 5.30. The van der Waals surface area contributed by atoms with Crippen molar-refractivity contribution in [1.29, 1.82) is 0 Å². The molecule has 2 aromatic heterocycles. The van der Waals surface area contributed by atoms with E-state index in [2.05, 4.69) is 11.1 Å². The number of halogens is 1. The van der Waals surface area contributed by atoms with Crippen molar-refractivity contribution in [2.75, 3.05) is 13.1 Å². The lowest BCUT2D eigenvalue weighted by Crippen LogP contribution is -2.36. The third kappa shape index (κ3) is 3.27. The number of fused-ring (bicyclic) bond motifs is 1. The van der Waals surface area contributed by atoms with Gasteiger partial charge in [-0.2, -0.15) is 0 Å². The van der Waals surface area contributed by atoms with Gasteiger partial charge in [-0.05, 0) is 43.0 Å². The first-order valence-corrected chi connectivity index (χ1v) is 9.23. The standard InChI is InChI=1S/C21H22FN3O2/c1-14-6-9-24(10-7-15-12-23-18-5-3-2-4-17(15)18)20(26)19(14)21(27)25-11-8-16(22)13-25/h2-6,9,12,16,23H,7-8,10-11,13H2,1H3/t16-/m0/s1. The molecule has 140 valence electrons. The predicted molar refractivity (Wildman–Crippen MR) is 103 cm³/mol. The average molecular weight is 367 g/mol. The zero-order valence-electron chi connectivity index (χ0n) is 15.2. The van der Waals surface area contributed by atoms with Crippen LogP contribution in [0.25, 0.3) is 10.9 Å². The number of benzene rings is 1. The number of carbonyl (C=O) groups excluding carboxylic acids is 1. The van der Waals surface area contributed by atoms with Gasteiger partial charge in [0.05, 0.1) is 6.54 Å². The van der Waals surface area contributed by atoms with E-state index in [4.69, 9.17) is 0 Å². The Bertz CT molecular complexity index is 1050. The molecular weight excluding hydrogens is 345 g/mol. The van der Waals surface area contributed by atoms with E-state index in [-0.39, 0.29) is 23.6 Å². The third-order valence-corrected chi connectivity index (χ3v) is 5.30. The van der Waals surface area contributed by atoms with Gasteiger partial charge >= 0.3 is 0 Å². The van der Waals surface area contributed by atoms with Gasteiger partial charge in [0.15, 0.2) is 0 Å². The number of pyridine rings is 1. The molecule has 0 radical (unpaired) electrons.